The fourth-order valence-corrected chi connectivity index (χ4v) is 4.61. The van der Waals surface area contributed by atoms with E-state index in [2.05, 4.69) is 0 Å². The number of carbonyl (C=O) groups excluding carboxylic acids is 4. The maximum absolute atomic E-state index is 12.9. The summed E-state index contributed by atoms with van der Waals surface area (Å²) in [7, 11) is 0. The maximum Gasteiger partial charge on any atom is 0.410 e. The van der Waals surface area contributed by atoms with Gasteiger partial charge in [0.1, 0.15) is 5.60 Å². The number of amides is 1. The van der Waals surface area contributed by atoms with Gasteiger partial charge in [0.2, 0.25) is 0 Å². The number of esters is 2. The molecule has 1 amide bonds. The Morgan fingerprint density at radius 3 is 2.26 bits per heavy atom. The molecule has 1 unspecified atom stereocenters. The highest BCUT2D eigenvalue weighted by molar-refractivity contribution is 6.02. The lowest BCUT2D eigenvalue weighted by molar-refractivity contribution is -0.171. The van der Waals surface area contributed by atoms with Crippen LogP contribution >= 0.6 is 0 Å². The number of ketones is 1. The lowest BCUT2D eigenvalue weighted by atomic mass is 9.84. The van der Waals surface area contributed by atoms with Gasteiger partial charge in [0, 0.05) is 19.5 Å². The molecule has 0 aromatic rings. The van der Waals surface area contributed by atoms with E-state index in [0.29, 0.717) is 0 Å². The van der Waals surface area contributed by atoms with Crippen molar-refractivity contribution in [1.29, 1.82) is 0 Å². The molecule has 0 bridgehead atoms. The first-order chi connectivity index (χ1) is 14.5. The summed E-state index contributed by atoms with van der Waals surface area (Å²) in [5.74, 6) is -1.59. The third-order valence-corrected chi connectivity index (χ3v) is 5.83. The SMILES string of the molecule is CCOC(=O)C1(C(=O)OCC)CC2=C3CN(C(=O)OC(C)(C)C)CC3=CC(=O)CC2C1. The molecule has 0 N–H and O–H groups in total. The molecule has 3 rings (SSSR count). The average Bonchev–Trinajstić information content (AvgIpc) is 3.20. The highest BCUT2D eigenvalue weighted by atomic mass is 16.6. The quantitative estimate of drug-likeness (QED) is 0.382. The van der Waals surface area contributed by atoms with Crippen LogP contribution in [0.2, 0.25) is 0 Å². The molecule has 1 aliphatic heterocycles. The average molecular weight is 434 g/mol. The van der Waals surface area contributed by atoms with Gasteiger partial charge in [-0.05, 0) is 70.6 Å². The van der Waals surface area contributed by atoms with Gasteiger partial charge in [0.05, 0.1) is 13.2 Å². The van der Waals surface area contributed by atoms with E-state index in [9.17, 15) is 19.2 Å². The molecule has 2 aliphatic carbocycles. The zero-order valence-corrected chi connectivity index (χ0v) is 18.9. The van der Waals surface area contributed by atoms with Crippen molar-refractivity contribution in [3.8, 4) is 0 Å². The Bertz CT molecular complexity index is 844. The number of fused-ring (bicyclic) bond motifs is 2. The van der Waals surface area contributed by atoms with Gasteiger partial charge in [0.25, 0.3) is 0 Å². The summed E-state index contributed by atoms with van der Waals surface area (Å²) in [4.78, 5) is 52.5. The van der Waals surface area contributed by atoms with Crippen LogP contribution in [0.1, 0.15) is 53.9 Å². The monoisotopic (exact) mass is 433 g/mol. The second-order valence-corrected chi connectivity index (χ2v) is 9.28. The number of carbonyl (C=O) groups is 4. The molecule has 8 nitrogen and oxygen atoms in total. The molecule has 3 aliphatic rings. The number of rotatable bonds is 4. The Morgan fingerprint density at radius 1 is 1.10 bits per heavy atom. The van der Waals surface area contributed by atoms with E-state index in [4.69, 9.17) is 14.2 Å². The molecule has 2 fully saturated rings. The van der Waals surface area contributed by atoms with Crippen molar-refractivity contribution in [1.82, 2.24) is 4.90 Å². The van der Waals surface area contributed by atoms with E-state index in [0.717, 1.165) is 16.7 Å². The van der Waals surface area contributed by atoms with Gasteiger partial charge < -0.3 is 14.2 Å². The van der Waals surface area contributed by atoms with Gasteiger partial charge in [-0.1, -0.05) is 5.57 Å². The van der Waals surface area contributed by atoms with Crippen molar-refractivity contribution in [2.75, 3.05) is 26.3 Å². The molecule has 8 heteroatoms. The standard InChI is InChI=1S/C23H31NO7/c1-6-29-19(26)23(20(27)30-7-2)10-14-8-16(25)9-15-12-24(13-18(15)17(14)11-23)21(28)31-22(3,4)5/h9,14H,6-8,10-13H2,1-5H3. The normalized spacial score (nSPS) is 22.4. The fourth-order valence-electron chi connectivity index (χ4n) is 4.61. The van der Waals surface area contributed by atoms with Crippen molar-refractivity contribution in [3.63, 3.8) is 0 Å². The number of hydrogen-bond donors (Lipinski definition) is 0. The second kappa shape index (κ2) is 8.48. The Hall–Kier alpha value is -2.64. The van der Waals surface area contributed by atoms with Gasteiger partial charge in [-0.15, -0.1) is 0 Å². The number of hydrogen-bond acceptors (Lipinski definition) is 7. The summed E-state index contributed by atoms with van der Waals surface area (Å²) in [6, 6.07) is 0. The van der Waals surface area contributed by atoms with Crippen molar-refractivity contribution in [2.45, 2.75) is 59.5 Å². The van der Waals surface area contributed by atoms with Crippen LogP contribution in [0.3, 0.4) is 0 Å². The zero-order valence-electron chi connectivity index (χ0n) is 18.9. The Labute approximate surface area is 182 Å². The summed E-state index contributed by atoms with van der Waals surface area (Å²) in [6.45, 7) is 9.59. The van der Waals surface area contributed by atoms with Gasteiger partial charge in [-0.2, -0.15) is 0 Å². The topological polar surface area (TPSA) is 99.2 Å². The molecular weight excluding hydrogens is 402 g/mol. The summed E-state index contributed by atoms with van der Waals surface area (Å²) < 4.78 is 16.0. The van der Waals surface area contributed by atoms with Crippen LogP contribution in [0.5, 0.6) is 0 Å². The summed E-state index contributed by atoms with van der Waals surface area (Å²) in [5.41, 5.74) is 0.363. The van der Waals surface area contributed by atoms with Crippen LogP contribution in [0.15, 0.2) is 22.8 Å². The number of nitrogens with zero attached hydrogens (tertiary/aromatic N) is 1. The minimum absolute atomic E-state index is 0.0814. The third kappa shape index (κ3) is 4.52. The zero-order chi connectivity index (χ0) is 23.0. The number of allylic oxidation sites excluding steroid dienone is 2. The molecule has 1 heterocycles. The van der Waals surface area contributed by atoms with Crippen molar-refractivity contribution < 1.29 is 33.4 Å². The maximum atomic E-state index is 12.9. The molecule has 0 aromatic heterocycles. The summed E-state index contributed by atoms with van der Waals surface area (Å²) in [6.07, 6.45) is 1.65. The summed E-state index contributed by atoms with van der Waals surface area (Å²) in [5, 5.41) is 0. The Kier molecular flexibility index (Phi) is 6.30. The molecule has 1 atom stereocenters. The molecule has 1 saturated carbocycles. The van der Waals surface area contributed by atoms with Crippen LogP contribution < -0.4 is 0 Å². The first-order valence-electron chi connectivity index (χ1n) is 10.8. The molecular formula is C23H31NO7. The predicted molar refractivity (Wildman–Crippen MR) is 111 cm³/mol. The lowest BCUT2D eigenvalue weighted by Gasteiger charge is -2.24. The van der Waals surface area contributed by atoms with Crippen molar-refractivity contribution >= 4 is 23.8 Å². The van der Waals surface area contributed by atoms with Crippen LogP contribution in [0, 0.1) is 11.3 Å². The lowest BCUT2D eigenvalue weighted by Crippen LogP contribution is -2.40. The molecule has 1 saturated heterocycles. The molecule has 0 spiro atoms. The van der Waals surface area contributed by atoms with Crippen LogP contribution in [-0.2, 0) is 28.6 Å². The fraction of sp³-hybridized carbons (Fsp3) is 0.652. The van der Waals surface area contributed by atoms with E-state index >= 15 is 0 Å². The molecule has 170 valence electrons. The number of likely N-dealkylation sites (tertiary alicyclic amines) is 1. The van der Waals surface area contributed by atoms with Gasteiger partial charge in [0.15, 0.2) is 11.2 Å². The minimum Gasteiger partial charge on any atom is -0.465 e. The van der Waals surface area contributed by atoms with E-state index in [1.54, 1.807) is 45.6 Å². The minimum atomic E-state index is -1.46. The van der Waals surface area contributed by atoms with Gasteiger partial charge in [-0.25, -0.2) is 4.79 Å². The van der Waals surface area contributed by atoms with Crippen molar-refractivity contribution in [2.24, 2.45) is 11.3 Å². The smallest absolute Gasteiger partial charge is 0.410 e. The highest BCUT2D eigenvalue weighted by Crippen LogP contribution is 2.52. The van der Waals surface area contributed by atoms with Crippen LogP contribution in [0.25, 0.3) is 0 Å². The first kappa shape index (κ1) is 23.0. The van der Waals surface area contributed by atoms with E-state index in [1.807, 2.05) is 0 Å². The van der Waals surface area contributed by atoms with Crippen molar-refractivity contribution in [3.05, 3.63) is 22.8 Å². The van der Waals surface area contributed by atoms with E-state index < -0.39 is 29.0 Å². The van der Waals surface area contributed by atoms with Gasteiger partial charge in [-0.3, -0.25) is 19.3 Å². The molecule has 0 aromatic carbocycles. The summed E-state index contributed by atoms with van der Waals surface area (Å²) >= 11 is 0. The molecule has 31 heavy (non-hydrogen) atoms. The number of ether oxygens (including phenoxy) is 3. The Balaban J connectivity index is 1.98. The van der Waals surface area contributed by atoms with Crippen LogP contribution in [0.4, 0.5) is 4.79 Å². The second-order valence-electron chi connectivity index (χ2n) is 9.28. The van der Waals surface area contributed by atoms with E-state index in [-0.39, 0.29) is 57.3 Å². The third-order valence-electron chi connectivity index (χ3n) is 5.83. The largest absolute Gasteiger partial charge is 0.465 e. The highest BCUT2D eigenvalue weighted by Gasteiger charge is 2.57. The predicted octanol–water partition coefficient (Wildman–Crippen LogP) is 2.96. The van der Waals surface area contributed by atoms with Crippen LogP contribution in [-0.4, -0.2) is 60.6 Å². The Morgan fingerprint density at radius 2 is 1.71 bits per heavy atom. The van der Waals surface area contributed by atoms with Gasteiger partial charge >= 0.3 is 18.0 Å². The molecule has 0 radical (unpaired) electrons. The first-order valence-corrected chi connectivity index (χ1v) is 10.8. The van der Waals surface area contributed by atoms with E-state index in [1.165, 1.54) is 0 Å².